The van der Waals surface area contributed by atoms with E-state index in [1.54, 1.807) is 59.5 Å². The molecule has 5 aromatic rings. The van der Waals surface area contributed by atoms with Crippen LogP contribution >= 0.6 is 57.7 Å². The van der Waals surface area contributed by atoms with Crippen LogP contribution in [-0.2, 0) is 11.2 Å². The fourth-order valence-electron chi connectivity index (χ4n) is 3.98. The van der Waals surface area contributed by atoms with Crippen LogP contribution in [-0.4, -0.2) is 32.6 Å². The van der Waals surface area contributed by atoms with Gasteiger partial charge in [0, 0.05) is 24.4 Å². The van der Waals surface area contributed by atoms with Gasteiger partial charge in [-0.3, -0.25) is 14.6 Å². The number of hydrogen-bond donors (Lipinski definition) is 2. The summed E-state index contributed by atoms with van der Waals surface area (Å²) in [7, 11) is 0. The number of amides is 2. The van der Waals surface area contributed by atoms with Crippen LogP contribution in [0.3, 0.4) is 0 Å². The summed E-state index contributed by atoms with van der Waals surface area (Å²) in [6.45, 7) is 0. The predicted octanol–water partition coefficient (Wildman–Crippen LogP) is 7.10. The highest BCUT2D eigenvalue weighted by atomic mass is 35.5. The Labute approximate surface area is 253 Å². The number of halogens is 4. The van der Waals surface area contributed by atoms with Crippen molar-refractivity contribution in [2.75, 3.05) is 0 Å². The molecule has 1 atom stereocenters. The molecular weight excluding hydrogens is 612 g/mol. The molecule has 0 spiro atoms. The summed E-state index contributed by atoms with van der Waals surface area (Å²) in [6, 6.07) is 18.4. The number of benzene rings is 2. The summed E-state index contributed by atoms with van der Waals surface area (Å²) in [6.07, 6.45) is 3.57. The van der Waals surface area contributed by atoms with Crippen molar-refractivity contribution in [2.24, 2.45) is 5.73 Å². The number of pyridine rings is 1. The van der Waals surface area contributed by atoms with E-state index in [0.717, 1.165) is 16.1 Å². The summed E-state index contributed by atoms with van der Waals surface area (Å²) < 4.78 is 1.73. The number of carbonyl (C=O) groups excluding carboxylic acids is 2. The van der Waals surface area contributed by atoms with E-state index in [1.807, 2.05) is 24.3 Å². The van der Waals surface area contributed by atoms with E-state index >= 15 is 0 Å². The molecule has 3 heterocycles. The monoisotopic (exact) mass is 629 g/mol. The van der Waals surface area contributed by atoms with Gasteiger partial charge in [-0.2, -0.15) is 5.10 Å². The van der Waals surface area contributed by atoms with Crippen LogP contribution in [0, 0.1) is 0 Å². The molecule has 0 bridgehead atoms. The van der Waals surface area contributed by atoms with Gasteiger partial charge in [0.2, 0.25) is 5.91 Å². The Bertz CT molecular complexity index is 1720. The Balaban J connectivity index is 1.45. The molecule has 0 fully saturated rings. The number of aromatic nitrogens is 3. The second-order valence-electron chi connectivity index (χ2n) is 8.71. The molecule has 0 saturated heterocycles. The SMILES string of the molecule is NC(=O)[C@H](Cc1ccc(Cl)c(Cl)c1)NC(=O)c1ccc(-c2cc(-c3cccnc3)nn2-c2ccc(Cl)c(Cl)c2)s1. The third kappa shape index (κ3) is 6.16. The quantitative estimate of drug-likeness (QED) is 0.191. The molecule has 12 heteroatoms. The zero-order valence-electron chi connectivity index (χ0n) is 20.4. The average molecular weight is 631 g/mol. The predicted molar refractivity (Wildman–Crippen MR) is 161 cm³/mol. The molecule has 0 aliphatic rings. The number of rotatable bonds is 8. The third-order valence-electron chi connectivity index (χ3n) is 5.97. The summed E-state index contributed by atoms with van der Waals surface area (Å²) in [5, 5.41) is 9.06. The maximum Gasteiger partial charge on any atom is 0.262 e. The first-order valence-corrected chi connectivity index (χ1v) is 14.1. The Morgan fingerprint density at radius 3 is 2.35 bits per heavy atom. The molecule has 40 heavy (non-hydrogen) atoms. The molecular formula is C28H19Cl4N5O2S. The van der Waals surface area contributed by atoms with Crippen molar-refractivity contribution in [1.29, 1.82) is 0 Å². The van der Waals surface area contributed by atoms with Gasteiger partial charge in [-0.25, -0.2) is 4.68 Å². The lowest BCUT2D eigenvalue weighted by atomic mass is 10.1. The van der Waals surface area contributed by atoms with E-state index < -0.39 is 17.9 Å². The van der Waals surface area contributed by atoms with Gasteiger partial charge in [-0.1, -0.05) is 52.5 Å². The zero-order valence-corrected chi connectivity index (χ0v) is 24.3. The molecule has 0 radical (unpaired) electrons. The average Bonchev–Trinajstić information content (AvgIpc) is 3.60. The minimum absolute atomic E-state index is 0.161. The molecule has 2 aromatic carbocycles. The Kier molecular flexibility index (Phi) is 8.44. The molecule has 202 valence electrons. The number of nitrogens with zero attached hydrogens (tertiary/aromatic N) is 3. The van der Waals surface area contributed by atoms with E-state index in [0.29, 0.717) is 41.9 Å². The van der Waals surface area contributed by atoms with Crippen LogP contribution in [0.15, 0.2) is 79.1 Å². The number of carbonyl (C=O) groups is 2. The van der Waals surface area contributed by atoms with Gasteiger partial charge in [-0.05, 0) is 66.2 Å². The van der Waals surface area contributed by atoms with E-state index in [2.05, 4.69) is 10.3 Å². The van der Waals surface area contributed by atoms with Crippen LogP contribution in [0.2, 0.25) is 20.1 Å². The molecule has 7 nitrogen and oxygen atoms in total. The van der Waals surface area contributed by atoms with Crippen molar-refractivity contribution in [2.45, 2.75) is 12.5 Å². The first-order valence-electron chi connectivity index (χ1n) is 11.8. The van der Waals surface area contributed by atoms with Crippen LogP contribution in [0.25, 0.3) is 27.5 Å². The molecule has 0 unspecified atom stereocenters. The molecule has 0 aliphatic carbocycles. The fraction of sp³-hybridized carbons (Fsp3) is 0.0714. The lowest BCUT2D eigenvalue weighted by Crippen LogP contribution is -2.45. The summed E-state index contributed by atoms with van der Waals surface area (Å²) in [5.74, 6) is -1.11. The number of nitrogens with two attached hydrogens (primary N) is 1. The first kappa shape index (κ1) is 28.1. The van der Waals surface area contributed by atoms with E-state index in [4.69, 9.17) is 57.2 Å². The number of primary amides is 1. The van der Waals surface area contributed by atoms with Gasteiger partial charge >= 0.3 is 0 Å². The topological polar surface area (TPSA) is 103 Å². The van der Waals surface area contributed by atoms with Gasteiger partial charge in [0.1, 0.15) is 6.04 Å². The van der Waals surface area contributed by atoms with Gasteiger partial charge in [0.05, 0.1) is 46.9 Å². The van der Waals surface area contributed by atoms with Crippen LogP contribution in [0.5, 0.6) is 0 Å². The Hall–Kier alpha value is -3.40. The lowest BCUT2D eigenvalue weighted by Gasteiger charge is -2.15. The van der Waals surface area contributed by atoms with Crippen molar-refractivity contribution in [1.82, 2.24) is 20.1 Å². The maximum atomic E-state index is 13.2. The van der Waals surface area contributed by atoms with Gasteiger partial charge in [0.15, 0.2) is 0 Å². The summed E-state index contributed by atoms with van der Waals surface area (Å²) in [4.78, 5) is 30.7. The second-order valence-corrected chi connectivity index (χ2v) is 11.4. The van der Waals surface area contributed by atoms with Crippen LogP contribution in [0.1, 0.15) is 15.2 Å². The highest BCUT2D eigenvalue weighted by Crippen LogP contribution is 2.34. The van der Waals surface area contributed by atoms with E-state index in [-0.39, 0.29) is 6.42 Å². The molecule has 5 rings (SSSR count). The van der Waals surface area contributed by atoms with Crippen molar-refractivity contribution in [3.63, 3.8) is 0 Å². The Morgan fingerprint density at radius 1 is 0.925 bits per heavy atom. The largest absolute Gasteiger partial charge is 0.368 e. The zero-order chi connectivity index (χ0) is 28.4. The molecule has 3 aromatic heterocycles. The van der Waals surface area contributed by atoms with Crippen LogP contribution < -0.4 is 11.1 Å². The second kappa shape index (κ2) is 12.0. The van der Waals surface area contributed by atoms with E-state index in [1.165, 1.54) is 11.3 Å². The van der Waals surface area contributed by atoms with Gasteiger partial charge < -0.3 is 11.1 Å². The lowest BCUT2D eigenvalue weighted by molar-refractivity contribution is -0.119. The Morgan fingerprint density at radius 2 is 1.68 bits per heavy atom. The van der Waals surface area contributed by atoms with Crippen molar-refractivity contribution in [3.8, 4) is 27.5 Å². The number of thiophene rings is 1. The normalized spacial score (nSPS) is 11.8. The van der Waals surface area contributed by atoms with Crippen molar-refractivity contribution in [3.05, 3.63) is 110 Å². The van der Waals surface area contributed by atoms with Crippen molar-refractivity contribution < 1.29 is 9.59 Å². The van der Waals surface area contributed by atoms with Gasteiger partial charge in [-0.15, -0.1) is 11.3 Å². The molecule has 2 amide bonds. The highest BCUT2D eigenvalue weighted by Gasteiger charge is 2.22. The minimum atomic E-state index is -0.950. The molecule has 0 aliphatic heterocycles. The number of nitrogens with one attached hydrogen (secondary N) is 1. The smallest absolute Gasteiger partial charge is 0.262 e. The highest BCUT2D eigenvalue weighted by molar-refractivity contribution is 7.17. The molecule has 3 N–H and O–H groups in total. The summed E-state index contributed by atoms with van der Waals surface area (Å²) >= 11 is 25.8. The minimum Gasteiger partial charge on any atom is -0.368 e. The third-order valence-corrected chi connectivity index (χ3v) is 8.55. The number of hydrogen-bond acceptors (Lipinski definition) is 5. The van der Waals surface area contributed by atoms with E-state index in [9.17, 15) is 9.59 Å². The standard InChI is InChI=1S/C28H19Cl4N5O2S/c29-18-5-3-15(10-20(18)31)11-23(27(33)38)35-28(39)26-8-7-25(40-26)24-13-22(16-2-1-9-34-14-16)36-37(24)17-4-6-19(30)21(32)12-17/h1-10,12-14,23H,11H2,(H2,33,38)(H,35,39)/t23-/m0/s1. The summed E-state index contributed by atoms with van der Waals surface area (Å²) in [5.41, 5.74) is 9.22. The van der Waals surface area contributed by atoms with Gasteiger partial charge in [0.25, 0.3) is 5.91 Å². The maximum absolute atomic E-state index is 13.2. The fourth-order valence-corrected chi connectivity index (χ4v) is 5.50. The first-order chi connectivity index (χ1) is 19.2. The van der Waals surface area contributed by atoms with Crippen molar-refractivity contribution >= 4 is 69.6 Å². The molecule has 0 saturated carbocycles. The van der Waals surface area contributed by atoms with Crippen LogP contribution in [0.4, 0.5) is 0 Å².